The van der Waals surface area contributed by atoms with Crippen LogP contribution in [0.3, 0.4) is 0 Å². The number of nitrogens with zero attached hydrogens (tertiary/aromatic N) is 3. The third-order valence-corrected chi connectivity index (χ3v) is 4.79. The van der Waals surface area contributed by atoms with Gasteiger partial charge in [0.25, 0.3) is 0 Å². The van der Waals surface area contributed by atoms with E-state index in [-0.39, 0.29) is 17.8 Å². The molecule has 0 aliphatic rings. The van der Waals surface area contributed by atoms with Gasteiger partial charge in [-0.25, -0.2) is 4.68 Å². The number of hydrogen-bond acceptors (Lipinski definition) is 5. The molecule has 2 aromatic rings. The molecule has 0 fully saturated rings. The Morgan fingerprint density at radius 2 is 1.93 bits per heavy atom. The molecule has 1 N–H and O–H groups in total. The smallest absolute Gasteiger partial charge is 0.309 e. The molecule has 7 nitrogen and oxygen atoms in total. The van der Waals surface area contributed by atoms with E-state index in [4.69, 9.17) is 4.74 Å². The van der Waals surface area contributed by atoms with Gasteiger partial charge in [0.1, 0.15) is 0 Å². The second-order valence-electron chi connectivity index (χ2n) is 6.91. The topological polar surface area (TPSA) is 76.5 Å². The van der Waals surface area contributed by atoms with E-state index in [0.29, 0.717) is 19.5 Å². The average molecular weight is 386 g/mol. The van der Waals surface area contributed by atoms with Gasteiger partial charge in [0.05, 0.1) is 35.8 Å². The molecule has 28 heavy (non-hydrogen) atoms. The normalized spacial score (nSPS) is 12.1. The summed E-state index contributed by atoms with van der Waals surface area (Å²) in [6.45, 7) is 9.59. The first-order chi connectivity index (χ1) is 13.4. The highest BCUT2D eigenvalue weighted by Crippen LogP contribution is 2.22. The predicted molar refractivity (Wildman–Crippen MR) is 110 cm³/mol. The molecule has 0 bridgehead atoms. The fraction of sp³-hybridized carbons (Fsp3) is 0.476. The summed E-state index contributed by atoms with van der Waals surface area (Å²) in [6, 6.07) is 9.83. The Morgan fingerprint density at radius 1 is 1.25 bits per heavy atom. The van der Waals surface area contributed by atoms with E-state index in [9.17, 15) is 9.59 Å². The van der Waals surface area contributed by atoms with Crippen LogP contribution in [0.5, 0.6) is 0 Å². The number of nitrogens with one attached hydrogen (secondary N) is 1. The van der Waals surface area contributed by atoms with Crippen LogP contribution in [0.4, 0.5) is 5.69 Å². The summed E-state index contributed by atoms with van der Waals surface area (Å²) in [5.41, 5.74) is 3.38. The number of benzene rings is 1. The molecule has 1 aromatic heterocycles. The minimum atomic E-state index is -0.234. The van der Waals surface area contributed by atoms with Gasteiger partial charge in [-0.15, -0.1) is 0 Å². The lowest BCUT2D eigenvalue weighted by molar-refractivity contribution is -0.145. The van der Waals surface area contributed by atoms with Crippen LogP contribution in [0.1, 0.15) is 31.7 Å². The zero-order valence-corrected chi connectivity index (χ0v) is 17.4. The zero-order chi connectivity index (χ0) is 20.7. The van der Waals surface area contributed by atoms with Crippen molar-refractivity contribution in [2.45, 2.75) is 34.1 Å². The Morgan fingerprint density at radius 3 is 2.54 bits per heavy atom. The van der Waals surface area contributed by atoms with E-state index in [0.717, 1.165) is 29.3 Å². The standard InChI is InChI=1S/C21H30N4O3/c1-6-24(14-15(2)21(27)28-5)13-12-19(26)22-20-16(3)23-25(17(20)4)18-10-8-7-9-11-18/h7-11,15H,6,12-14H2,1-5H3,(H,22,26). The molecule has 0 radical (unpaired) electrons. The van der Waals surface area contributed by atoms with Crippen LogP contribution in [0.15, 0.2) is 30.3 Å². The zero-order valence-electron chi connectivity index (χ0n) is 17.4. The maximum Gasteiger partial charge on any atom is 0.309 e. The Kier molecular flexibility index (Phi) is 7.75. The number of carbonyl (C=O) groups excluding carboxylic acids is 2. The number of esters is 1. The average Bonchev–Trinajstić information content (AvgIpc) is 2.99. The SMILES string of the molecule is CCN(CCC(=O)Nc1c(C)nn(-c2ccccc2)c1C)CC(C)C(=O)OC. The Hall–Kier alpha value is -2.67. The minimum absolute atomic E-state index is 0.0667. The molecular formula is C21H30N4O3. The van der Waals surface area contributed by atoms with Crippen molar-refractivity contribution in [3.8, 4) is 5.69 Å². The molecule has 0 aliphatic carbocycles. The summed E-state index contributed by atoms with van der Waals surface area (Å²) in [6.07, 6.45) is 0.344. The molecule has 1 amide bonds. The predicted octanol–water partition coefficient (Wildman–Crippen LogP) is 2.95. The van der Waals surface area contributed by atoms with Gasteiger partial charge >= 0.3 is 5.97 Å². The Labute approximate surface area is 166 Å². The summed E-state index contributed by atoms with van der Waals surface area (Å²) in [4.78, 5) is 26.2. The first-order valence-corrected chi connectivity index (χ1v) is 9.59. The van der Waals surface area contributed by atoms with Crippen molar-refractivity contribution in [2.75, 3.05) is 32.1 Å². The van der Waals surface area contributed by atoms with Crippen molar-refractivity contribution < 1.29 is 14.3 Å². The van der Waals surface area contributed by atoms with Crippen molar-refractivity contribution in [1.29, 1.82) is 0 Å². The second-order valence-corrected chi connectivity index (χ2v) is 6.91. The summed E-state index contributed by atoms with van der Waals surface area (Å²) < 4.78 is 6.61. The molecule has 0 saturated heterocycles. The molecule has 0 saturated carbocycles. The molecule has 1 aromatic carbocycles. The highest BCUT2D eigenvalue weighted by atomic mass is 16.5. The lowest BCUT2D eigenvalue weighted by atomic mass is 10.1. The number of ether oxygens (including phenoxy) is 1. The first kappa shape index (κ1) is 21.6. The van der Waals surface area contributed by atoms with E-state index in [1.165, 1.54) is 7.11 Å². The summed E-state index contributed by atoms with van der Waals surface area (Å²) >= 11 is 0. The van der Waals surface area contributed by atoms with Gasteiger partial charge in [0.15, 0.2) is 0 Å². The summed E-state index contributed by atoms with van der Waals surface area (Å²) in [5.74, 6) is -0.521. The fourth-order valence-corrected chi connectivity index (χ4v) is 3.15. The third kappa shape index (κ3) is 5.42. The molecule has 1 unspecified atom stereocenters. The number of aromatic nitrogens is 2. The number of hydrogen-bond donors (Lipinski definition) is 1. The number of amides is 1. The van der Waals surface area contributed by atoms with E-state index < -0.39 is 0 Å². The van der Waals surface area contributed by atoms with Gasteiger partial charge in [-0.2, -0.15) is 5.10 Å². The van der Waals surface area contributed by atoms with E-state index in [1.54, 1.807) is 0 Å². The fourth-order valence-electron chi connectivity index (χ4n) is 3.15. The van der Waals surface area contributed by atoms with Gasteiger partial charge < -0.3 is 15.0 Å². The van der Waals surface area contributed by atoms with Crippen molar-refractivity contribution >= 4 is 17.6 Å². The first-order valence-electron chi connectivity index (χ1n) is 9.59. The highest BCUT2D eigenvalue weighted by Gasteiger charge is 2.19. The van der Waals surface area contributed by atoms with Crippen LogP contribution in [-0.4, -0.2) is 53.3 Å². The number of rotatable bonds is 9. The van der Waals surface area contributed by atoms with Crippen molar-refractivity contribution in [3.05, 3.63) is 41.7 Å². The molecule has 152 valence electrons. The largest absolute Gasteiger partial charge is 0.469 e. The van der Waals surface area contributed by atoms with Gasteiger partial charge in [-0.1, -0.05) is 32.0 Å². The quantitative estimate of drug-likeness (QED) is 0.671. The number of para-hydroxylation sites is 1. The Balaban J connectivity index is 1.98. The molecule has 0 spiro atoms. The van der Waals surface area contributed by atoms with Crippen LogP contribution in [-0.2, 0) is 14.3 Å². The van der Waals surface area contributed by atoms with E-state index in [1.807, 2.05) is 62.7 Å². The van der Waals surface area contributed by atoms with Crippen molar-refractivity contribution in [2.24, 2.45) is 5.92 Å². The molecule has 2 rings (SSSR count). The highest BCUT2D eigenvalue weighted by molar-refractivity contribution is 5.92. The summed E-state index contributed by atoms with van der Waals surface area (Å²) in [5, 5.41) is 7.55. The lowest BCUT2D eigenvalue weighted by Gasteiger charge is -2.22. The second kappa shape index (κ2) is 10.0. The van der Waals surface area contributed by atoms with Gasteiger partial charge in [-0.05, 0) is 32.5 Å². The van der Waals surface area contributed by atoms with Crippen LogP contribution >= 0.6 is 0 Å². The summed E-state index contributed by atoms with van der Waals surface area (Å²) in [7, 11) is 1.39. The van der Waals surface area contributed by atoms with Gasteiger partial charge in [0, 0.05) is 19.5 Å². The van der Waals surface area contributed by atoms with Crippen LogP contribution in [0.25, 0.3) is 5.69 Å². The lowest BCUT2D eigenvalue weighted by Crippen LogP contribution is -2.34. The van der Waals surface area contributed by atoms with E-state index in [2.05, 4.69) is 15.3 Å². The van der Waals surface area contributed by atoms with Gasteiger partial charge in [-0.3, -0.25) is 9.59 Å². The maximum absolute atomic E-state index is 12.5. The van der Waals surface area contributed by atoms with Crippen LogP contribution in [0, 0.1) is 19.8 Å². The molecule has 1 atom stereocenters. The van der Waals surface area contributed by atoms with E-state index >= 15 is 0 Å². The number of aryl methyl sites for hydroxylation is 1. The van der Waals surface area contributed by atoms with Gasteiger partial charge in [0.2, 0.25) is 5.91 Å². The molecule has 7 heteroatoms. The molecule has 1 heterocycles. The number of carbonyl (C=O) groups is 2. The molecule has 0 aliphatic heterocycles. The molecular weight excluding hydrogens is 356 g/mol. The number of methoxy groups -OCH3 is 1. The maximum atomic E-state index is 12.5. The minimum Gasteiger partial charge on any atom is -0.469 e. The monoisotopic (exact) mass is 386 g/mol. The third-order valence-electron chi connectivity index (χ3n) is 4.79. The van der Waals surface area contributed by atoms with Crippen LogP contribution in [0.2, 0.25) is 0 Å². The van der Waals surface area contributed by atoms with Crippen molar-refractivity contribution in [3.63, 3.8) is 0 Å². The number of anilines is 1. The van der Waals surface area contributed by atoms with Crippen LogP contribution < -0.4 is 5.32 Å². The van der Waals surface area contributed by atoms with Crippen molar-refractivity contribution in [1.82, 2.24) is 14.7 Å². The Bertz CT molecular complexity index is 801.